The van der Waals surface area contributed by atoms with Crippen molar-refractivity contribution in [2.75, 3.05) is 13.2 Å². The number of hydrogen-bond donors (Lipinski definition) is 0. The summed E-state index contributed by atoms with van der Waals surface area (Å²) in [5, 5.41) is 0. The highest BCUT2D eigenvalue weighted by Crippen LogP contribution is 2.15. The van der Waals surface area contributed by atoms with E-state index in [0.29, 0.717) is 18.7 Å². The average molecular weight is 238 g/mol. The minimum absolute atomic E-state index is 0.0311. The van der Waals surface area contributed by atoms with E-state index in [-0.39, 0.29) is 18.1 Å². The molecule has 2 rings (SSSR count). The molecule has 2 heterocycles. The number of halogens is 1. The fraction of sp³-hybridized carbons (Fsp3) is 0.500. The summed E-state index contributed by atoms with van der Waals surface area (Å²) >= 11 is 0. The van der Waals surface area contributed by atoms with E-state index < -0.39 is 5.95 Å². The van der Waals surface area contributed by atoms with Gasteiger partial charge in [-0.25, -0.2) is 4.98 Å². The van der Waals surface area contributed by atoms with Crippen LogP contribution in [0.4, 0.5) is 4.39 Å². The van der Waals surface area contributed by atoms with Crippen LogP contribution in [0, 0.1) is 5.95 Å². The van der Waals surface area contributed by atoms with Gasteiger partial charge in [0, 0.05) is 12.7 Å². The van der Waals surface area contributed by atoms with Gasteiger partial charge in [0.15, 0.2) is 0 Å². The first-order valence-electron chi connectivity index (χ1n) is 5.62. The summed E-state index contributed by atoms with van der Waals surface area (Å²) in [5.74, 6) is -0.704. The van der Waals surface area contributed by atoms with Crippen LogP contribution in [0.1, 0.15) is 24.2 Å². The van der Waals surface area contributed by atoms with Gasteiger partial charge in [-0.3, -0.25) is 4.79 Å². The Balaban J connectivity index is 2.15. The molecule has 1 amide bonds. The molecule has 1 saturated heterocycles. The van der Waals surface area contributed by atoms with E-state index in [9.17, 15) is 9.18 Å². The van der Waals surface area contributed by atoms with Gasteiger partial charge in [-0.15, -0.1) is 0 Å². The van der Waals surface area contributed by atoms with Crippen LogP contribution in [0.2, 0.25) is 0 Å². The first-order valence-corrected chi connectivity index (χ1v) is 5.62. The molecule has 0 bridgehead atoms. The molecule has 2 atom stereocenters. The van der Waals surface area contributed by atoms with Crippen molar-refractivity contribution in [3.8, 4) is 0 Å². The number of amides is 1. The van der Waals surface area contributed by atoms with E-state index >= 15 is 0 Å². The van der Waals surface area contributed by atoms with E-state index in [1.165, 1.54) is 18.3 Å². The molecule has 2 unspecified atom stereocenters. The van der Waals surface area contributed by atoms with Gasteiger partial charge >= 0.3 is 0 Å². The molecule has 0 aliphatic carbocycles. The molecule has 1 aliphatic rings. The van der Waals surface area contributed by atoms with E-state index in [4.69, 9.17) is 4.74 Å². The first kappa shape index (κ1) is 12.0. The first-order chi connectivity index (χ1) is 8.08. The van der Waals surface area contributed by atoms with Crippen molar-refractivity contribution >= 4 is 5.91 Å². The lowest BCUT2D eigenvalue weighted by atomic mass is 10.1. The van der Waals surface area contributed by atoms with Gasteiger partial charge < -0.3 is 9.64 Å². The average Bonchev–Trinajstić information content (AvgIpc) is 2.32. The zero-order valence-corrected chi connectivity index (χ0v) is 9.89. The molecule has 0 saturated carbocycles. The van der Waals surface area contributed by atoms with Crippen molar-refractivity contribution in [3.63, 3.8) is 0 Å². The molecular formula is C12H15FN2O2. The number of hydrogen-bond acceptors (Lipinski definition) is 3. The number of carbonyl (C=O) groups excluding carboxylic acids is 1. The van der Waals surface area contributed by atoms with Crippen molar-refractivity contribution in [1.82, 2.24) is 9.88 Å². The van der Waals surface area contributed by atoms with Gasteiger partial charge in [0.25, 0.3) is 5.91 Å². The third kappa shape index (κ3) is 2.61. The number of carbonyl (C=O) groups is 1. The van der Waals surface area contributed by atoms with Gasteiger partial charge in [0.1, 0.15) is 0 Å². The van der Waals surface area contributed by atoms with Gasteiger partial charge in [-0.1, -0.05) is 0 Å². The smallest absolute Gasteiger partial charge is 0.255 e. The topological polar surface area (TPSA) is 42.4 Å². The summed E-state index contributed by atoms with van der Waals surface area (Å²) in [6.07, 6.45) is 1.30. The fourth-order valence-corrected chi connectivity index (χ4v) is 1.85. The summed E-state index contributed by atoms with van der Waals surface area (Å²) in [6.45, 7) is 4.94. The van der Waals surface area contributed by atoms with E-state index in [1.807, 2.05) is 13.8 Å². The maximum atomic E-state index is 12.7. The van der Waals surface area contributed by atoms with Crippen molar-refractivity contribution in [2.45, 2.75) is 26.0 Å². The van der Waals surface area contributed by atoms with Crippen LogP contribution in [0.15, 0.2) is 18.3 Å². The minimum atomic E-state index is -0.579. The molecule has 1 aromatic rings. The van der Waals surface area contributed by atoms with Crippen molar-refractivity contribution in [3.05, 3.63) is 29.8 Å². The second-order valence-electron chi connectivity index (χ2n) is 4.32. The van der Waals surface area contributed by atoms with Gasteiger partial charge in [-0.2, -0.15) is 4.39 Å². The van der Waals surface area contributed by atoms with Crippen LogP contribution in [0.5, 0.6) is 0 Å². The van der Waals surface area contributed by atoms with Crippen LogP contribution in [-0.4, -0.2) is 41.1 Å². The number of ether oxygens (including phenoxy) is 1. The lowest BCUT2D eigenvalue weighted by Gasteiger charge is -2.36. The van der Waals surface area contributed by atoms with Crippen LogP contribution in [0.3, 0.4) is 0 Å². The normalized spacial score (nSPS) is 24.8. The predicted octanol–water partition coefficient (Wildman–Crippen LogP) is 1.47. The van der Waals surface area contributed by atoms with Gasteiger partial charge in [0.2, 0.25) is 5.95 Å². The Hall–Kier alpha value is -1.49. The van der Waals surface area contributed by atoms with Crippen LogP contribution in [0.25, 0.3) is 0 Å². The molecule has 5 heteroatoms. The quantitative estimate of drug-likeness (QED) is 0.696. The van der Waals surface area contributed by atoms with Gasteiger partial charge in [-0.05, 0) is 26.0 Å². The van der Waals surface area contributed by atoms with Crippen LogP contribution >= 0.6 is 0 Å². The van der Waals surface area contributed by atoms with E-state index in [0.717, 1.165) is 0 Å². The Morgan fingerprint density at radius 2 is 2.29 bits per heavy atom. The van der Waals surface area contributed by atoms with Crippen LogP contribution in [-0.2, 0) is 4.74 Å². The molecule has 17 heavy (non-hydrogen) atoms. The Kier molecular flexibility index (Phi) is 3.38. The van der Waals surface area contributed by atoms with Gasteiger partial charge in [0.05, 0.1) is 24.3 Å². The summed E-state index contributed by atoms with van der Waals surface area (Å²) in [5.41, 5.74) is 0.410. The third-order valence-electron chi connectivity index (χ3n) is 2.84. The summed E-state index contributed by atoms with van der Waals surface area (Å²) in [6, 6.07) is 2.68. The lowest BCUT2D eigenvalue weighted by molar-refractivity contribution is -0.0387. The highest BCUT2D eigenvalue weighted by Gasteiger charge is 2.28. The summed E-state index contributed by atoms with van der Waals surface area (Å²) < 4.78 is 18.1. The second kappa shape index (κ2) is 4.79. The number of rotatable bonds is 1. The molecule has 0 spiro atoms. The minimum Gasteiger partial charge on any atom is -0.375 e. The van der Waals surface area contributed by atoms with Crippen molar-refractivity contribution in [2.24, 2.45) is 0 Å². The maximum absolute atomic E-state index is 12.7. The predicted molar refractivity (Wildman–Crippen MR) is 60.1 cm³/mol. The molecule has 1 fully saturated rings. The third-order valence-corrected chi connectivity index (χ3v) is 2.84. The fourth-order valence-electron chi connectivity index (χ4n) is 1.85. The lowest BCUT2D eigenvalue weighted by Crippen LogP contribution is -2.50. The van der Waals surface area contributed by atoms with Crippen LogP contribution < -0.4 is 0 Å². The molecule has 0 N–H and O–H groups in total. The zero-order chi connectivity index (χ0) is 12.4. The second-order valence-corrected chi connectivity index (χ2v) is 4.32. The Labute approximate surface area is 99.4 Å². The number of morpholine rings is 1. The standard InChI is InChI=1S/C12H15FN2O2/c1-8-7-17-9(2)6-15(8)12(16)10-3-4-11(13)14-5-10/h3-5,8-9H,6-7H2,1-2H3. The Bertz CT molecular complexity index is 407. The van der Waals surface area contributed by atoms with Crippen molar-refractivity contribution in [1.29, 1.82) is 0 Å². The Morgan fingerprint density at radius 3 is 2.94 bits per heavy atom. The molecule has 92 valence electrons. The molecule has 0 aromatic carbocycles. The van der Waals surface area contributed by atoms with E-state index in [2.05, 4.69) is 4.98 Å². The van der Waals surface area contributed by atoms with Crippen molar-refractivity contribution < 1.29 is 13.9 Å². The largest absolute Gasteiger partial charge is 0.375 e. The molecular weight excluding hydrogens is 223 g/mol. The number of pyridine rings is 1. The van der Waals surface area contributed by atoms with E-state index in [1.54, 1.807) is 4.90 Å². The number of aromatic nitrogens is 1. The molecule has 1 aliphatic heterocycles. The summed E-state index contributed by atoms with van der Waals surface area (Å²) in [7, 11) is 0. The molecule has 4 nitrogen and oxygen atoms in total. The zero-order valence-electron chi connectivity index (χ0n) is 9.89. The Morgan fingerprint density at radius 1 is 1.53 bits per heavy atom. The number of nitrogens with zero attached hydrogens (tertiary/aromatic N) is 2. The molecule has 1 aromatic heterocycles. The SMILES string of the molecule is CC1CN(C(=O)c2ccc(F)nc2)C(C)CO1. The summed E-state index contributed by atoms with van der Waals surface area (Å²) in [4.78, 5) is 17.4. The molecule has 0 radical (unpaired) electrons. The maximum Gasteiger partial charge on any atom is 0.255 e. The highest BCUT2D eigenvalue weighted by atomic mass is 19.1. The highest BCUT2D eigenvalue weighted by molar-refractivity contribution is 5.94. The monoisotopic (exact) mass is 238 g/mol.